The zero-order valence-corrected chi connectivity index (χ0v) is 16.2. The van der Waals surface area contributed by atoms with Gasteiger partial charge in [-0.1, -0.05) is 6.07 Å². The van der Waals surface area contributed by atoms with Crippen molar-refractivity contribution >= 4 is 28.4 Å². The second-order valence-corrected chi connectivity index (χ2v) is 6.97. The van der Waals surface area contributed by atoms with Gasteiger partial charge in [0.2, 0.25) is 0 Å². The molecule has 0 unspecified atom stereocenters. The Kier molecular flexibility index (Phi) is 4.82. The molecule has 1 saturated heterocycles. The van der Waals surface area contributed by atoms with Crippen LogP contribution in [0, 0.1) is 0 Å². The zero-order chi connectivity index (χ0) is 20.3. The summed E-state index contributed by atoms with van der Waals surface area (Å²) in [7, 11) is 0. The van der Waals surface area contributed by atoms with Gasteiger partial charge in [-0.2, -0.15) is 0 Å². The van der Waals surface area contributed by atoms with E-state index >= 15 is 0 Å². The van der Waals surface area contributed by atoms with E-state index in [1.54, 1.807) is 36.9 Å². The third kappa shape index (κ3) is 3.60. The molecule has 0 atom stereocenters. The Morgan fingerprint density at radius 3 is 2.73 bits per heavy atom. The molecule has 1 fully saturated rings. The Balaban J connectivity index is 1.47. The standard InChI is InChI=1S/C22H20N6O2/c29-22(25-16-3-2-8-23-14-16)20-7-6-19-21(26-20)28(15-24-19)18-5-1-4-17(13-18)27-9-11-30-12-10-27/h1-8,13-15H,9-12H2,(H,25,29). The minimum absolute atomic E-state index is 0.292. The molecule has 0 spiro atoms. The SMILES string of the molecule is O=C(Nc1cccnc1)c1ccc2ncn(-c3cccc(N4CCOCC4)c3)c2n1. The molecule has 0 aliphatic carbocycles. The molecule has 8 nitrogen and oxygen atoms in total. The van der Waals surface area contributed by atoms with E-state index in [0.717, 1.165) is 43.2 Å². The highest BCUT2D eigenvalue weighted by atomic mass is 16.5. The van der Waals surface area contributed by atoms with Gasteiger partial charge in [-0.25, -0.2) is 9.97 Å². The quantitative estimate of drug-likeness (QED) is 0.567. The van der Waals surface area contributed by atoms with Crippen LogP contribution in [-0.2, 0) is 4.74 Å². The van der Waals surface area contributed by atoms with Gasteiger partial charge in [0.15, 0.2) is 5.65 Å². The third-order valence-electron chi connectivity index (χ3n) is 5.03. The van der Waals surface area contributed by atoms with Crippen LogP contribution in [-0.4, -0.2) is 51.7 Å². The van der Waals surface area contributed by atoms with Gasteiger partial charge in [0.25, 0.3) is 5.91 Å². The number of hydrogen-bond donors (Lipinski definition) is 1. The second-order valence-electron chi connectivity index (χ2n) is 6.97. The van der Waals surface area contributed by atoms with E-state index in [9.17, 15) is 4.79 Å². The summed E-state index contributed by atoms with van der Waals surface area (Å²) in [6, 6.07) is 15.3. The van der Waals surface area contributed by atoms with Crippen molar-refractivity contribution in [2.75, 3.05) is 36.5 Å². The first-order valence-electron chi connectivity index (χ1n) is 9.76. The van der Waals surface area contributed by atoms with Crippen molar-refractivity contribution in [1.29, 1.82) is 0 Å². The predicted molar refractivity (Wildman–Crippen MR) is 114 cm³/mol. The van der Waals surface area contributed by atoms with Gasteiger partial charge in [0.1, 0.15) is 17.5 Å². The summed E-state index contributed by atoms with van der Waals surface area (Å²) in [4.78, 5) is 28.0. The lowest BCUT2D eigenvalue weighted by Gasteiger charge is -2.29. The van der Waals surface area contributed by atoms with Crippen LogP contribution < -0.4 is 10.2 Å². The topological polar surface area (TPSA) is 85.2 Å². The largest absolute Gasteiger partial charge is 0.378 e. The number of benzene rings is 1. The number of rotatable bonds is 4. The summed E-state index contributed by atoms with van der Waals surface area (Å²) in [6.07, 6.45) is 4.99. The van der Waals surface area contributed by atoms with Crippen LogP contribution >= 0.6 is 0 Å². The number of aromatic nitrogens is 4. The number of fused-ring (bicyclic) bond motifs is 1. The normalized spacial score (nSPS) is 14.1. The molecule has 1 N–H and O–H groups in total. The van der Waals surface area contributed by atoms with Crippen molar-refractivity contribution in [3.8, 4) is 5.69 Å². The lowest BCUT2D eigenvalue weighted by atomic mass is 10.2. The number of amides is 1. The molecule has 4 heterocycles. The Bertz CT molecular complexity index is 1180. The van der Waals surface area contributed by atoms with Crippen LogP contribution in [0.1, 0.15) is 10.5 Å². The second kappa shape index (κ2) is 7.92. The number of carbonyl (C=O) groups is 1. The first-order chi connectivity index (χ1) is 14.8. The smallest absolute Gasteiger partial charge is 0.274 e. The van der Waals surface area contributed by atoms with Gasteiger partial charge in [-0.3, -0.25) is 14.3 Å². The molecule has 4 aromatic rings. The number of carbonyl (C=O) groups excluding carboxylic acids is 1. The third-order valence-corrected chi connectivity index (χ3v) is 5.03. The average Bonchev–Trinajstić information content (AvgIpc) is 3.24. The summed E-state index contributed by atoms with van der Waals surface area (Å²) in [5, 5.41) is 2.81. The molecule has 1 aromatic carbocycles. The lowest BCUT2D eigenvalue weighted by molar-refractivity contribution is 0.102. The molecule has 150 valence electrons. The molecule has 1 aliphatic heterocycles. The number of imidazole rings is 1. The Labute approximate surface area is 173 Å². The fourth-order valence-corrected chi connectivity index (χ4v) is 3.50. The molecule has 0 saturated carbocycles. The maximum absolute atomic E-state index is 12.6. The molecular formula is C22H20N6O2. The summed E-state index contributed by atoms with van der Waals surface area (Å²) >= 11 is 0. The summed E-state index contributed by atoms with van der Waals surface area (Å²) in [5.41, 5.74) is 4.37. The van der Waals surface area contributed by atoms with E-state index in [-0.39, 0.29) is 5.91 Å². The first kappa shape index (κ1) is 18.3. The highest BCUT2D eigenvalue weighted by Gasteiger charge is 2.15. The maximum Gasteiger partial charge on any atom is 0.274 e. The van der Waals surface area contributed by atoms with Crippen molar-refractivity contribution in [2.24, 2.45) is 0 Å². The van der Waals surface area contributed by atoms with Crippen LogP contribution in [0.15, 0.2) is 67.3 Å². The van der Waals surface area contributed by atoms with Crippen LogP contribution in [0.5, 0.6) is 0 Å². The number of anilines is 2. The van der Waals surface area contributed by atoms with Crippen molar-refractivity contribution in [3.05, 3.63) is 72.9 Å². The summed E-state index contributed by atoms with van der Waals surface area (Å²) in [5.74, 6) is -0.292. The summed E-state index contributed by atoms with van der Waals surface area (Å²) in [6.45, 7) is 3.19. The van der Waals surface area contributed by atoms with Crippen LogP contribution in [0.2, 0.25) is 0 Å². The van der Waals surface area contributed by atoms with Gasteiger partial charge in [0, 0.05) is 25.0 Å². The van der Waals surface area contributed by atoms with E-state index in [2.05, 4.69) is 37.3 Å². The monoisotopic (exact) mass is 400 g/mol. The molecule has 1 aliphatic rings. The van der Waals surface area contributed by atoms with E-state index < -0.39 is 0 Å². The number of nitrogens with one attached hydrogen (secondary N) is 1. The predicted octanol–water partition coefficient (Wildman–Crippen LogP) is 2.90. The molecule has 5 rings (SSSR count). The Hall–Kier alpha value is -3.78. The van der Waals surface area contributed by atoms with Crippen molar-refractivity contribution in [2.45, 2.75) is 0 Å². The molecule has 0 bridgehead atoms. The number of pyridine rings is 2. The van der Waals surface area contributed by atoms with E-state index in [4.69, 9.17) is 4.74 Å². The number of nitrogens with zero attached hydrogens (tertiary/aromatic N) is 5. The van der Waals surface area contributed by atoms with Gasteiger partial charge in [-0.15, -0.1) is 0 Å². The van der Waals surface area contributed by atoms with Crippen molar-refractivity contribution in [3.63, 3.8) is 0 Å². The number of morpholine rings is 1. The maximum atomic E-state index is 12.6. The van der Waals surface area contributed by atoms with Gasteiger partial charge in [-0.05, 0) is 42.5 Å². The van der Waals surface area contributed by atoms with E-state index in [1.165, 1.54) is 0 Å². The zero-order valence-electron chi connectivity index (χ0n) is 16.2. The van der Waals surface area contributed by atoms with E-state index in [0.29, 0.717) is 17.0 Å². The molecular weight excluding hydrogens is 380 g/mol. The molecule has 8 heteroatoms. The minimum atomic E-state index is -0.292. The lowest BCUT2D eigenvalue weighted by Crippen LogP contribution is -2.36. The van der Waals surface area contributed by atoms with Gasteiger partial charge < -0.3 is 15.0 Å². The molecule has 3 aromatic heterocycles. The first-order valence-corrected chi connectivity index (χ1v) is 9.76. The molecule has 0 radical (unpaired) electrons. The summed E-state index contributed by atoms with van der Waals surface area (Å²) < 4.78 is 7.35. The molecule has 30 heavy (non-hydrogen) atoms. The number of hydrogen-bond acceptors (Lipinski definition) is 6. The van der Waals surface area contributed by atoms with Crippen molar-refractivity contribution in [1.82, 2.24) is 19.5 Å². The Morgan fingerprint density at radius 2 is 1.90 bits per heavy atom. The van der Waals surface area contributed by atoms with Crippen molar-refractivity contribution < 1.29 is 9.53 Å². The average molecular weight is 400 g/mol. The molecule has 1 amide bonds. The van der Waals surface area contributed by atoms with Crippen LogP contribution in [0.4, 0.5) is 11.4 Å². The van der Waals surface area contributed by atoms with Gasteiger partial charge >= 0.3 is 0 Å². The van der Waals surface area contributed by atoms with Crippen LogP contribution in [0.3, 0.4) is 0 Å². The highest BCUT2D eigenvalue weighted by molar-refractivity contribution is 6.03. The van der Waals surface area contributed by atoms with Crippen LogP contribution in [0.25, 0.3) is 16.9 Å². The highest BCUT2D eigenvalue weighted by Crippen LogP contribution is 2.23. The van der Waals surface area contributed by atoms with Gasteiger partial charge in [0.05, 0.1) is 30.8 Å². The minimum Gasteiger partial charge on any atom is -0.378 e. The van der Waals surface area contributed by atoms with E-state index in [1.807, 2.05) is 22.8 Å². The fourth-order valence-electron chi connectivity index (χ4n) is 3.50. The Morgan fingerprint density at radius 1 is 1.03 bits per heavy atom. The fraction of sp³-hybridized carbons (Fsp3) is 0.182. The number of ether oxygens (including phenoxy) is 1.